The van der Waals surface area contributed by atoms with E-state index in [9.17, 15) is 9.90 Å². The van der Waals surface area contributed by atoms with Crippen LogP contribution >= 0.6 is 0 Å². The third-order valence-electron chi connectivity index (χ3n) is 5.81. The molecule has 2 aliphatic heterocycles. The summed E-state index contributed by atoms with van der Waals surface area (Å²) in [6.07, 6.45) is 2.70. The van der Waals surface area contributed by atoms with Crippen LogP contribution in [0, 0.1) is 5.92 Å². The van der Waals surface area contributed by atoms with Gasteiger partial charge in [0, 0.05) is 48.3 Å². The molecular weight excluding hydrogens is 356 g/mol. The van der Waals surface area contributed by atoms with E-state index in [0.717, 1.165) is 34.1 Å². The summed E-state index contributed by atoms with van der Waals surface area (Å²) in [4.78, 5) is 19.1. The number of rotatable bonds is 3. The largest absolute Gasteiger partial charge is 0.391 e. The first-order valence-electron chi connectivity index (χ1n) is 9.64. The molecule has 3 aromatic rings. The van der Waals surface area contributed by atoms with Crippen LogP contribution in [0.3, 0.4) is 0 Å². The highest BCUT2D eigenvalue weighted by Crippen LogP contribution is 2.27. The van der Waals surface area contributed by atoms with E-state index in [1.807, 2.05) is 24.3 Å². The van der Waals surface area contributed by atoms with Gasteiger partial charge in [-0.05, 0) is 24.1 Å². The first-order valence-corrected chi connectivity index (χ1v) is 9.64. The van der Waals surface area contributed by atoms with E-state index >= 15 is 0 Å². The van der Waals surface area contributed by atoms with Crippen LogP contribution < -0.4 is 0 Å². The molecule has 1 aromatic carbocycles. The number of ether oxygens (including phenoxy) is 1. The van der Waals surface area contributed by atoms with Crippen molar-refractivity contribution in [2.45, 2.75) is 25.6 Å². The van der Waals surface area contributed by atoms with Crippen molar-refractivity contribution in [3.63, 3.8) is 0 Å². The summed E-state index contributed by atoms with van der Waals surface area (Å²) in [5, 5.41) is 18.9. The topological polar surface area (TPSA) is 91.3 Å². The van der Waals surface area contributed by atoms with Gasteiger partial charge in [0.2, 0.25) is 0 Å². The summed E-state index contributed by atoms with van der Waals surface area (Å²) in [5.74, 6) is -0.148. The van der Waals surface area contributed by atoms with E-state index < -0.39 is 6.10 Å². The summed E-state index contributed by atoms with van der Waals surface area (Å²) in [6, 6.07) is 10.0. The molecule has 2 aliphatic rings. The lowest BCUT2D eigenvalue weighted by molar-refractivity contribution is 0.0745. The number of pyridine rings is 1. The van der Waals surface area contributed by atoms with Crippen LogP contribution in [0.2, 0.25) is 0 Å². The molecular formula is C21H22N4O3. The Morgan fingerprint density at radius 3 is 3.11 bits per heavy atom. The highest BCUT2D eigenvalue weighted by molar-refractivity contribution is 5.94. The van der Waals surface area contributed by atoms with Gasteiger partial charge in [0.05, 0.1) is 24.8 Å². The third kappa shape index (κ3) is 2.96. The van der Waals surface area contributed by atoms with Crippen LogP contribution in [-0.4, -0.2) is 56.9 Å². The summed E-state index contributed by atoms with van der Waals surface area (Å²) in [6.45, 7) is 1.90. The number of aromatic amines is 1. The fraction of sp³-hybridized carbons (Fsp3) is 0.381. The number of nitrogens with one attached hydrogen (secondary N) is 1. The highest BCUT2D eigenvalue weighted by Gasteiger charge is 2.36. The van der Waals surface area contributed by atoms with Gasteiger partial charge >= 0.3 is 0 Å². The normalized spacial score (nSPS) is 21.8. The van der Waals surface area contributed by atoms with Crippen molar-refractivity contribution < 1.29 is 14.6 Å². The van der Waals surface area contributed by atoms with E-state index in [4.69, 9.17) is 4.74 Å². The van der Waals surface area contributed by atoms with Gasteiger partial charge in [-0.3, -0.25) is 14.9 Å². The van der Waals surface area contributed by atoms with Gasteiger partial charge in [-0.15, -0.1) is 0 Å². The predicted octanol–water partition coefficient (Wildman–Crippen LogP) is 1.71. The molecule has 1 amide bonds. The molecule has 0 bridgehead atoms. The van der Waals surface area contributed by atoms with Crippen molar-refractivity contribution in [2.24, 2.45) is 5.92 Å². The molecule has 2 aromatic heterocycles. The van der Waals surface area contributed by atoms with Crippen LogP contribution in [0.5, 0.6) is 0 Å². The first kappa shape index (κ1) is 17.3. The van der Waals surface area contributed by atoms with E-state index in [2.05, 4.69) is 21.2 Å². The van der Waals surface area contributed by atoms with Crippen LogP contribution in [0.1, 0.15) is 27.3 Å². The first-order chi connectivity index (χ1) is 13.7. The van der Waals surface area contributed by atoms with Gasteiger partial charge < -0.3 is 14.7 Å². The van der Waals surface area contributed by atoms with Crippen LogP contribution in [0.15, 0.2) is 36.5 Å². The number of aliphatic hydroxyl groups excluding tert-OH is 1. The zero-order valence-electron chi connectivity index (χ0n) is 15.5. The number of carbonyl (C=O) groups excluding carboxylic acids is 1. The lowest BCUT2D eigenvalue weighted by Crippen LogP contribution is -2.31. The lowest BCUT2D eigenvalue weighted by Gasteiger charge is -2.17. The minimum atomic E-state index is -0.554. The quantitative estimate of drug-likeness (QED) is 0.724. The fourth-order valence-corrected chi connectivity index (χ4v) is 4.27. The molecule has 0 saturated carbocycles. The van der Waals surface area contributed by atoms with Crippen LogP contribution in [0.25, 0.3) is 10.9 Å². The zero-order valence-corrected chi connectivity index (χ0v) is 15.5. The maximum Gasteiger partial charge on any atom is 0.274 e. The minimum absolute atomic E-state index is 0.0132. The fourth-order valence-electron chi connectivity index (χ4n) is 4.27. The number of aromatic nitrogens is 3. The van der Waals surface area contributed by atoms with E-state index in [1.54, 1.807) is 11.1 Å². The SMILES string of the molecule is O=C(c1n[nH]c2c1COCC2)N1CC(O)C(Cc2ccnc3ccccc23)C1. The Balaban J connectivity index is 1.35. The molecule has 144 valence electrons. The molecule has 0 radical (unpaired) electrons. The van der Waals surface area contributed by atoms with Crippen molar-refractivity contribution in [1.29, 1.82) is 0 Å². The van der Waals surface area contributed by atoms with Crippen molar-refractivity contribution in [2.75, 3.05) is 19.7 Å². The predicted molar refractivity (Wildman–Crippen MR) is 103 cm³/mol. The Morgan fingerprint density at radius 2 is 2.18 bits per heavy atom. The molecule has 28 heavy (non-hydrogen) atoms. The third-order valence-corrected chi connectivity index (χ3v) is 5.81. The van der Waals surface area contributed by atoms with Gasteiger partial charge in [0.25, 0.3) is 5.91 Å². The molecule has 1 saturated heterocycles. The Labute approximate surface area is 162 Å². The molecule has 2 unspecified atom stereocenters. The Bertz CT molecular complexity index is 1030. The maximum atomic E-state index is 13.0. The average Bonchev–Trinajstić information content (AvgIpc) is 3.32. The molecule has 0 spiro atoms. The number of carbonyl (C=O) groups is 1. The van der Waals surface area contributed by atoms with Gasteiger partial charge in [0.1, 0.15) is 0 Å². The molecule has 4 heterocycles. The van der Waals surface area contributed by atoms with Crippen molar-refractivity contribution in [3.05, 3.63) is 59.0 Å². The maximum absolute atomic E-state index is 13.0. The van der Waals surface area contributed by atoms with E-state index in [-0.39, 0.29) is 11.8 Å². The second kappa shape index (κ2) is 7.00. The lowest BCUT2D eigenvalue weighted by atomic mass is 9.94. The standard InChI is InChI=1S/C21H22N4O3/c26-19-11-25(21(27)20-16-12-28-8-6-18(16)23-24-20)10-14(19)9-13-5-7-22-17-4-2-1-3-15(13)17/h1-5,7,14,19,26H,6,8-12H2,(H,23,24). The summed E-state index contributed by atoms with van der Waals surface area (Å²) in [7, 11) is 0. The van der Waals surface area contributed by atoms with Crippen molar-refractivity contribution in [3.8, 4) is 0 Å². The van der Waals surface area contributed by atoms with Crippen LogP contribution in [-0.2, 0) is 24.2 Å². The summed E-state index contributed by atoms with van der Waals surface area (Å²) >= 11 is 0. The van der Waals surface area contributed by atoms with Gasteiger partial charge in [-0.2, -0.15) is 5.10 Å². The number of para-hydroxylation sites is 1. The number of β-amino-alcohol motifs (C(OH)–C–C–N with tert-alkyl or cyclic N) is 1. The second-order valence-corrected chi connectivity index (χ2v) is 7.56. The van der Waals surface area contributed by atoms with E-state index in [0.29, 0.717) is 38.4 Å². The Morgan fingerprint density at radius 1 is 1.29 bits per heavy atom. The molecule has 5 rings (SSSR count). The van der Waals surface area contributed by atoms with Gasteiger partial charge in [-0.25, -0.2) is 0 Å². The smallest absolute Gasteiger partial charge is 0.274 e. The van der Waals surface area contributed by atoms with Crippen molar-refractivity contribution in [1.82, 2.24) is 20.1 Å². The number of likely N-dealkylation sites (tertiary alicyclic amines) is 1. The molecule has 2 N–H and O–H groups in total. The second-order valence-electron chi connectivity index (χ2n) is 7.56. The zero-order chi connectivity index (χ0) is 19.1. The summed E-state index contributed by atoms with van der Waals surface area (Å²) in [5.41, 5.74) is 4.36. The van der Waals surface area contributed by atoms with Gasteiger partial charge in [0.15, 0.2) is 5.69 Å². The molecule has 7 heteroatoms. The number of aliphatic hydroxyl groups is 1. The average molecular weight is 378 g/mol. The number of H-pyrrole nitrogens is 1. The monoisotopic (exact) mass is 378 g/mol. The number of fused-ring (bicyclic) bond motifs is 2. The number of benzene rings is 1. The number of nitrogens with zero attached hydrogens (tertiary/aromatic N) is 3. The molecule has 1 fully saturated rings. The number of hydrogen-bond acceptors (Lipinski definition) is 5. The van der Waals surface area contributed by atoms with E-state index in [1.165, 1.54) is 0 Å². The highest BCUT2D eigenvalue weighted by atomic mass is 16.5. The Hall–Kier alpha value is -2.77. The molecule has 0 aliphatic carbocycles. The number of hydrogen-bond donors (Lipinski definition) is 2. The Kier molecular flexibility index (Phi) is 4.33. The number of amides is 1. The van der Waals surface area contributed by atoms with Crippen molar-refractivity contribution >= 4 is 16.8 Å². The van der Waals surface area contributed by atoms with Gasteiger partial charge in [-0.1, -0.05) is 18.2 Å². The van der Waals surface area contributed by atoms with Crippen LogP contribution in [0.4, 0.5) is 0 Å². The molecule has 2 atom stereocenters. The molecule has 7 nitrogen and oxygen atoms in total. The minimum Gasteiger partial charge on any atom is -0.391 e. The summed E-state index contributed by atoms with van der Waals surface area (Å²) < 4.78 is 5.48.